The van der Waals surface area contributed by atoms with Crippen LogP contribution in [-0.2, 0) is 10.0 Å². The van der Waals surface area contributed by atoms with Gasteiger partial charge in [0, 0.05) is 19.0 Å². The Morgan fingerprint density at radius 3 is 2.81 bits per heavy atom. The molecule has 0 aliphatic carbocycles. The molecular formula is C18H17N5O2S2. The number of H-pyrrole nitrogens is 1. The number of piperidine rings is 1. The standard InChI is InChI=1S/C18H17N5O2S2/c24-27(25,16-9-3-8-15-17(16)22-26-21-15)23-10-4-5-12(11-23)18-19-13-6-1-2-7-14(13)20-18/h1-3,6-9,12H,4-5,10-11H2,(H,19,20). The van der Waals surface area contributed by atoms with Gasteiger partial charge < -0.3 is 4.98 Å². The monoisotopic (exact) mass is 399 g/mol. The molecule has 5 rings (SSSR count). The lowest BCUT2D eigenvalue weighted by Crippen LogP contribution is -2.39. The summed E-state index contributed by atoms with van der Waals surface area (Å²) in [5, 5.41) is 0. The van der Waals surface area contributed by atoms with E-state index >= 15 is 0 Å². The van der Waals surface area contributed by atoms with Gasteiger partial charge in [-0.25, -0.2) is 13.4 Å². The normalized spacial score (nSPS) is 19.0. The number of aromatic nitrogens is 4. The number of rotatable bonds is 3. The zero-order valence-corrected chi connectivity index (χ0v) is 16.0. The van der Waals surface area contributed by atoms with Gasteiger partial charge >= 0.3 is 0 Å². The van der Waals surface area contributed by atoms with E-state index < -0.39 is 10.0 Å². The maximum Gasteiger partial charge on any atom is 0.245 e. The molecule has 138 valence electrons. The molecule has 1 aliphatic heterocycles. The Labute approximate surface area is 160 Å². The predicted molar refractivity (Wildman–Crippen MR) is 104 cm³/mol. The van der Waals surface area contributed by atoms with Crippen molar-refractivity contribution in [3.05, 3.63) is 48.3 Å². The van der Waals surface area contributed by atoms with E-state index in [0.29, 0.717) is 24.1 Å². The minimum absolute atomic E-state index is 0.0497. The summed E-state index contributed by atoms with van der Waals surface area (Å²) in [6, 6.07) is 13.0. The third-order valence-electron chi connectivity index (χ3n) is 5.05. The molecule has 2 aromatic heterocycles. The van der Waals surface area contributed by atoms with Gasteiger partial charge in [0.25, 0.3) is 0 Å². The van der Waals surface area contributed by atoms with Crippen LogP contribution in [0.1, 0.15) is 24.6 Å². The molecule has 1 atom stereocenters. The van der Waals surface area contributed by atoms with Crippen LogP contribution >= 0.6 is 11.7 Å². The number of nitrogens with one attached hydrogen (secondary N) is 1. The van der Waals surface area contributed by atoms with Crippen molar-refractivity contribution in [2.24, 2.45) is 0 Å². The third-order valence-corrected chi connectivity index (χ3v) is 7.48. The van der Waals surface area contributed by atoms with E-state index in [-0.39, 0.29) is 10.8 Å². The van der Waals surface area contributed by atoms with Crippen LogP contribution in [0.15, 0.2) is 47.4 Å². The van der Waals surface area contributed by atoms with E-state index in [1.807, 2.05) is 24.3 Å². The van der Waals surface area contributed by atoms with Crippen molar-refractivity contribution in [3.63, 3.8) is 0 Å². The number of hydrogen-bond acceptors (Lipinski definition) is 6. The quantitative estimate of drug-likeness (QED) is 0.571. The molecule has 0 bridgehead atoms. The van der Waals surface area contributed by atoms with Crippen molar-refractivity contribution in [1.82, 2.24) is 23.0 Å². The zero-order chi connectivity index (χ0) is 18.4. The van der Waals surface area contributed by atoms with Crippen LogP contribution in [0, 0.1) is 0 Å². The van der Waals surface area contributed by atoms with Gasteiger partial charge in [0.15, 0.2) is 0 Å². The lowest BCUT2D eigenvalue weighted by molar-refractivity contribution is 0.310. The summed E-state index contributed by atoms with van der Waals surface area (Å²) < 4.78 is 36.5. The lowest BCUT2D eigenvalue weighted by Gasteiger charge is -2.31. The number of sulfonamides is 1. The smallest absolute Gasteiger partial charge is 0.245 e. The third kappa shape index (κ3) is 2.82. The van der Waals surface area contributed by atoms with Gasteiger partial charge in [-0.3, -0.25) is 0 Å². The summed E-state index contributed by atoms with van der Waals surface area (Å²) in [6.45, 7) is 0.920. The fraction of sp³-hybridized carbons (Fsp3) is 0.278. The van der Waals surface area contributed by atoms with E-state index in [2.05, 4.69) is 18.7 Å². The van der Waals surface area contributed by atoms with Crippen molar-refractivity contribution in [3.8, 4) is 0 Å². The van der Waals surface area contributed by atoms with Crippen LogP contribution in [0.3, 0.4) is 0 Å². The highest BCUT2D eigenvalue weighted by molar-refractivity contribution is 7.89. The van der Waals surface area contributed by atoms with Crippen LogP contribution in [0.5, 0.6) is 0 Å². The molecule has 1 fully saturated rings. The molecule has 2 aromatic carbocycles. The summed E-state index contributed by atoms with van der Waals surface area (Å²) in [7, 11) is -3.63. The Balaban J connectivity index is 1.49. The van der Waals surface area contributed by atoms with Gasteiger partial charge in [0.05, 0.1) is 22.8 Å². The van der Waals surface area contributed by atoms with Crippen LogP contribution in [0.2, 0.25) is 0 Å². The van der Waals surface area contributed by atoms with Gasteiger partial charge in [-0.2, -0.15) is 13.1 Å². The van der Waals surface area contributed by atoms with Crippen LogP contribution < -0.4 is 0 Å². The Morgan fingerprint density at radius 2 is 1.93 bits per heavy atom. The van der Waals surface area contributed by atoms with Crippen LogP contribution in [0.4, 0.5) is 0 Å². The molecule has 0 saturated carbocycles. The molecule has 0 radical (unpaired) electrons. The molecule has 1 saturated heterocycles. The fourth-order valence-electron chi connectivity index (χ4n) is 3.68. The molecule has 1 N–H and O–H groups in total. The number of fused-ring (bicyclic) bond motifs is 2. The molecule has 1 aliphatic rings. The van der Waals surface area contributed by atoms with Gasteiger partial charge in [-0.15, -0.1) is 0 Å². The number of aromatic amines is 1. The van der Waals surface area contributed by atoms with Crippen molar-refractivity contribution >= 4 is 43.8 Å². The largest absolute Gasteiger partial charge is 0.342 e. The number of benzene rings is 2. The maximum atomic E-state index is 13.3. The van der Waals surface area contributed by atoms with Gasteiger partial charge in [-0.05, 0) is 37.1 Å². The zero-order valence-electron chi connectivity index (χ0n) is 14.4. The number of para-hydroxylation sites is 2. The minimum atomic E-state index is -3.63. The molecule has 7 nitrogen and oxygen atoms in total. The van der Waals surface area contributed by atoms with Crippen molar-refractivity contribution in [2.75, 3.05) is 13.1 Å². The molecule has 9 heteroatoms. The summed E-state index contributed by atoms with van der Waals surface area (Å²) in [4.78, 5) is 8.25. The van der Waals surface area contributed by atoms with Gasteiger partial charge in [-0.1, -0.05) is 18.2 Å². The number of hydrogen-bond donors (Lipinski definition) is 1. The fourth-order valence-corrected chi connectivity index (χ4v) is 5.95. The van der Waals surface area contributed by atoms with Crippen molar-refractivity contribution in [1.29, 1.82) is 0 Å². The summed E-state index contributed by atoms with van der Waals surface area (Å²) in [6.07, 6.45) is 1.71. The van der Waals surface area contributed by atoms with E-state index in [4.69, 9.17) is 0 Å². The average molecular weight is 400 g/mol. The first-order valence-electron chi connectivity index (χ1n) is 8.79. The topological polar surface area (TPSA) is 91.8 Å². The van der Waals surface area contributed by atoms with E-state index in [1.54, 1.807) is 22.5 Å². The molecule has 3 heterocycles. The van der Waals surface area contributed by atoms with E-state index in [1.165, 1.54) is 0 Å². The second-order valence-electron chi connectivity index (χ2n) is 6.73. The number of nitrogens with zero attached hydrogens (tertiary/aromatic N) is 4. The molecule has 4 aromatic rings. The predicted octanol–water partition coefficient (Wildman–Crippen LogP) is 3.14. The van der Waals surface area contributed by atoms with E-state index in [9.17, 15) is 8.42 Å². The van der Waals surface area contributed by atoms with Gasteiger partial charge in [0.2, 0.25) is 10.0 Å². The Kier molecular flexibility index (Phi) is 3.96. The van der Waals surface area contributed by atoms with Crippen molar-refractivity contribution in [2.45, 2.75) is 23.7 Å². The summed E-state index contributed by atoms with van der Waals surface area (Å²) in [5.74, 6) is 0.901. The highest BCUT2D eigenvalue weighted by Crippen LogP contribution is 2.31. The second kappa shape index (κ2) is 6.36. The molecular weight excluding hydrogens is 382 g/mol. The Hall–Kier alpha value is -2.36. The first kappa shape index (κ1) is 16.8. The maximum absolute atomic E-state index is 13.3. The SMILES string of the molecule is O=S(=O)(c1cccc2nsnc12)N1CCCC(c2nc3ccccc3[nH]2)C1. The van der Waals surface area contributed by atoms with Crippen LogP contribution in [-0.4, -0.2) is 44.5 Å². The average Bonchev–Trinajstić information content (AvgIpc) is 3.34. The van der Waals surface area contributed by atoms with E-state index in [0.717, 1.165) is 41.4 Å². The second-order valence-corrected chi connectivity index (χ2v) is 9.16. The lowest BCUT2D eigenvalue weighted by atomic mass is 9.99. The summed E-state index contributed by atoms with van der Waals surface area (Å²) in [5.41, 5.74) is 2.96. The highest BCUT2D eigenvalue weighted by Gasteiger charge is 2.33. The molecule has 0 spiro atoms. The Bertz CT molecular complexity index is 1200. The number of imidazole rings is 1. The highest BCUT2D eigenvalue weighted by atomic mass is 32.2. The molecule has 1 unspecified atom stereocenters. The molecule has 0 amide bonds. The van der Waals surface area contributed by atoms with Crippen LogP contribution in [0.25, 0.3) is 22.1 Å². The minimum Gasteiger partial charge on any atom is -0.342 e. The van der Waals surface area contributed by atoms with Gasteiger partial charge in [0.1, 0.15) is 21.8 Å². The summed E-state index contributed by atoms with van der Waals surface area (Å²) >= 11 is 1.03. The van der Waals surface area contributed by atoms with Crippen molar-refractivity contribution < 1.29 is 8.42 Å². The first-order chi connectivity index (χ1) is 13.1. The molecule has 27 heavy (non-hydrogen) atoms. The first-order valence-corrected chi connectivity index (χ1v) is 11.0. The Morgan fingerprint density at radius 1 is 1.07 bits per heavy atom.